The van der Waals surface area contributed by atoms with E-state index in [9.17, 15) is 22.8 Å². The van der Waals surface area contributed by atoms with E-state index in [1.54, 1.807) is 27.7 Å². The molecule has 10 heteroatoms. The number of aromatic nitrogens is 1. The van der Waals surface area contributed by atoms with Crippen LogP contribution in [0.3, 0.4) is 0 Å². The molecular formula is C23H28F3N3O3S. The van der Waals surface area contributed by atoms with Gasteiger partial charge in [0, 0.05) is 13.1 Å². The van der Waals surface area contributed by atoms with E-state index in [0.717, 1.165) is 5.56 Å². The number of nitrogens with one attached hydrogen (secondary N) is 1. The molecule has 3 rings (SSSR count). The molecule has 33 heavy (non-hydrogen) atoms. The smallest absolute Gasteiger partial charge is 0.407 e. The molecule has 1 N–H and O–H groups in total. The zero-order valence-electron chi connectivity index (χ0n) is 19.0. The van der Waals surface area contributed by atoms with Crippen molar-refractivity contribution in [2.75, 3.05) is 13.1 Å². The van der Waals surface area contributed by atoms with Gasteiger partial charge in [-0.05, 0) is 46.1 Å². The van der Waals surface area contributed by atoms with Gasteiger partial charge in [0.15, 0.2) is 0 Å². The summed E-state index contributed by atoms with van der Waals surface area (Å²) in [4.78, 5) is 31.8. The number of carbonyl (C=O) groups excluding carboxylic acids is 2. The Hall–Kier alpha value is -2.62. The SMILES string of the molecule is Cc1nc(C(=O)N2CCCC(C(F)(F)F)C2CNC(=O)OC(C)(C)C)c(-c2ccccc2)s1. The number of benzene rings is 1. The predicted octanol–water partition coefficient (Wildman–Crippen LogP) is 5.43. The summed E-state index contributed by atoms with van der Waals surface area (Å²) in [5, 5.41) is 3.07. The number of carbonyl (C=O) groups is 2. The monoisotopic (exact) mass is 483 g/mol. The molecule has 1 saturated heterocycles. The van der Waals surface area contributed by atoms with E-state index in [1.165, 1.54) is 16.2 Å². The number of hydrogen-bond donors (Lipinski definition) is 1. The van der Waals surface area contributed by atoms with Crippen LogP contribution in [0.5, 0.6) is 0 Å². The maximum atomic E-state index is 13.9. The number of aryl methyl sites for hydroxylation is 1. The van der Waals surface area contributed by atoms with E-state index in [4.69, 9.17) is 4.74 Å². The quantitative estimate of drug-likeness (QED) is 0.630. The van der Waals surface area contributed by atoms with Crippen molar-refractivity contribution >= 4 is 23.3 Å². The second-order valence-electron chi connectivity index (χ2n) is 9.02. The van der Waals surface area contributed by atoms with Crippen molar-refractivity contribution in [2.24, 2.45) is 5.92 Å². The average Bonchev–Trinajstić information content (AvgIpc) is 3.12. The Morgan fingerprint density at radius 2 is 1.88 bits per heavy atom. The highest BCUT2D eigenvalue weighted by molar-refractivity contribution is 7.15. The number of amides is 2. The summed E-state index contributed by atoms with van der Waals surface area (Å²) in [5.41, 5.74) is 0.117. The molecule has 180 valence electrons. The van der Waals surface area contributed by atoms with Crippen LogP contribution in [0.25, 0.3) is 10.4 Å². The molecule has 0 spiro atoms. The van der Waals surface area contributed by atoms with Gasteiger partial charge in [0.1, 0.15) is 11.3 Å². The zero-order chi connectivity index (χ0) is 24.4. The first kappa shape index (κ1) is 25.0. The number of likely N-dealkylation sites (tertiary alicyclic amines) is 1. The second-order valence-corrected chi connectivity index (χ2v) is 10.2. The standard InChI is InChI=1S/C23H28F3N3O3S/c1-14-28-18(19(33-14)15-9-6-5-7-10-15)20(30)29-12-8-11-16(23(24,25)26)17(29)13-27-21(31)32-22(2,3)4/h5-7,9-10,16-17H,8,11-13H2,1-4H3,(H,27,31). The summed E-state index contributed by atoms with van der Waals surface area (Å²) in [7, 11) is 0. The molecule has 2 unspecified atom stereocenters. The maximum absolute atomic E-state index is 13.9. The Labute approximate surface area is 195 Å². The van der Waals surface area contributed by atoms with Crippen LogP contribution in [0.2, 0.25) is 0 Å². The Morgan fingerprint density at radius 1 is 1.21 bits per heavy atom. The van der Waals surface area contributed by atoms with Crippen molar-refractivity contribution in [3.8, 4) is 10.4 Å². The molecule has 0 aliphatic carbocycles. The number of alkyl carbamates (subject to hydrolysis) is 1. The Bertz CT molecular complexity index is 986. The lowest BCUT2D eigenvalue weighted by molar-refractivity contribution is -0.197. The zero-order valence-corrected chi connectivity index (χ0v) is 19.8. The van der Waals surface area contributed by atoms with Crippen LogP contribution >= 0.6 is 11.3 Å². The predicted molar refractivity (Wildman–Crippen MR) is 120 cm³/mol. The number of hydrogen-bond acceptors (Lipinski definition) is 5. The summed E-state index contributed by atoms with van der Waals surface area (Å²) in [6.07, 6.45) is -5.24. The van der Waals surface area contributed by atoms with Crippen LogP contribution in [0.15, 0.2) is 30.3 Å². The number of halogens is 3. The van der Waals surface area contributed by atoms with E-state index >= 15 is 0 Å². The molecule has 0 bridgehead atoms. The van der Waals surface area contributed by atoms with Gasteiger partial charge in [-0.1, -0.05) is 30.3 Å². The number of rotatable bonds is 4. The van der Waals surface area contributed by atoms with Crippen molar-refractivity contribution in [2.45, 2.75) is 58.4 Å². The third kappa shape index (κ3) is 6.25. The van der Waals surface area contributed by atoms with Gasteiger partial charge in [0.2, 0.25) is 0 Å². The molecule has 2 amide bonds. The largest absolute Gasteiger partial charge is 0.444 e. The summed E-state index contributed by atoms with van der Waals surface area (Å²) in [5.74, 6) is -2.33. The van der Waals surface area contributed by atoms with Crippen LogP contribution in [-0.2, 0) is 4.74 Å². The van der Waals surface area contributed by atoms with E-state index in [1.807, 2.05) is 30.3 Å². The number of ether oxygens (including phenoxy) is 1. The van der Waals surface area contributed by atoms with Crippen LogP contribution in [0, 0.1) is 12.8 Å². The minimum absolute atomic E-state index is 0.115. The van der Waals surface area contributed by atoms with Crippen LogP contribution < -0.4 is 5.32 Å². The fourth-order valence-corrected chi connectivity index (χ4v) is 4.85. The lowest BCUT2D eigenvalue weighted by Crippen LogP contribution is -2.57. The van der Waals surface area contributed by atoms with E-state index in [-0.39, 0.29) is 31.6 Å². The van der Waals surface area contributed by atoms with Gasteiger partial charge in [0.05, 0.1) is 21.8 Å². The molecule has 2 aromatic rings. The molecule has 0 saturated carbocycles. The minimum Gasteiger partial charge on any atom is -0.444 e. The van der Waals surface area contributed by atoms with E-state index in [0.29, 0.717) is 9.88 Å². The first-order chi connectivity index (χ1) is 15.4. The third-order valence-electron chi connectivity index (χ3n) is 5.29. The normalized spacial score (nSPS) is 19.3. The van der Waals surface area contributed by atoms with Gasteiger partial charge in [-0.25, -0.2) is 9.78 Å². The molecule has 1 aromatic carbocycles. The second kappa shape index (κ2) is 9.70. The first-order valence-electron chi connectivity index (χ1n) is 10.7. The molecule has 1 aliphatic rings. The lowest BCUT2D eigenvalue weighted by Gasteiger charge is -2.42. The molecule has 0 radical (unpaired) electrons. The van der Waals surface area contributed by atoms with Gasteiger partial charge < -0.3 is 15.0 Å². The van der Waals surface area contributed by atoms with Crippen molar-refractivity contribution in [1.29, 1.82) is 0 Å². The van der Waals surface area contributed by atoms with Crippen molar-refractivity contribution in [1.82, 2.24) is 15.2 Å². The minimum atomic E-state index is -4.51. The first-order valence-corrected chi connectivity index (χ1v) is 11.6. The topological polar surface area (TPSA) is 71.5 Å². The fourth-order valence-electron chi connectivity index (χ4n) is 3.94. The Morgan fingerprint density at radius 3 is 2.48 bits per heavy atom. The molecule has 6 nitrogen and oxygen atoms in total. The molecule has 1 fully saturated rings. The highest BCUT2D eigenvalue weighted by Crippen LogP contribution is 2.39. The maximum Gasteiger partial charge on any atom is 0.407 e. The van der Waals surface area contributed by atoms with Crippen molar-refractivity contribution < 1.29 is 27.5 Å². The summed E-state index contributed by atoms with van der Waals surface area (Å²) >= 11 is 1.32. The van der Waals surface area contributed by atoms with Gasteiger partial charge in [-0.2, -0.15) is 13.2 Å². The molecule has 1 aliphatic heterocycles. The van der Waals surface area contributed by atoms with E-state index in [2.05, 4.69) is 10.3 Å². The average molecular weight is 484 g/mol. The third-order valence-corrected chi connectivity index (χ3v) is 6.31. The van der Waals surface area contributed by atoms with Gasteiger partial charge in [-0.15, -0.1) is 11.3 Å². The molecule has 1 aromatic heterocycles. The van der Waals surface area contributed by atoms with Crippen LogP contribution in [0.4, 0.5) is 18.0 Å². The Kier molecular flexibility index (Phi) is 7.36. The molecule has 2 atom stereocenters. The molecule has 2 heterocycles. The molecular weight excluding hydrogens is 455 g/mol. The summed E-state index contributed by atoms with van der Waals surface area (Å²) in [6, 6.07) is 7.90. The lowest BCUT2D eigenvalue weighted by atomic mass is 9.88. The Balaban J connectivity index is 1.91. The number of piperidine rings is 1. The number of nitrogens with zero attached hydrogens (tertiary/aromatic N) is 2. The van der Waals surface area contributed by atoms with Gasteiger partial charge >= 0.3 is 12.3 Å². The summed E-state index contributed by atoms with van der Waals surface area (Å²) < 4.78 is 46.8. The highest BCUT2D eigenvalue weighted by atomic mass is 32.1. The van der Waals surface area contributed by atoms with Gasteiger partial charge in [0.25, 0.3) is 5.91 Å². The highest BCUT2D eigenvalue weighted by Gasteiger charge is 2.50. The van der Waals surface area contributed by atoms with Crippen LogP contribution in [-0.4, -0.2) is 52.8 Å². The van der Waals surface area contributed by atoms with Crippen molar-refractivity contribution in [3.63, 3.8) is 0 Å². The van der Waals surface area contributed by atoms with Crippen molar-refractivity contribution in [3.05, 3.63) is 41.0 Å². The number of alkyl halides is 3. The summed E-state index contributed by atoms with van der Waals surface area (Å²) in [6.45, 7) is 6.53. The van der Waals surface area contributed by atoms with E-state index < -0.39 is 35.7 Å². The van der Waals surface area contributed by atoms with Gasteiger partial charge in [-0.3, -0.25) is 4.79 Å². The fraction of sp³-hybridized carbons (Fsp3) is 0.522. The van der Waals surface area contributed by atoms with Crippen LogP contribution in [0.1, 0.15) is 49.1 Å². The number of thiazole rings is 1.